The summed E-state index contributed by atoms with van der Waals surface area (Å²) in [6, 6.07) is 3.28. The summed E-state index contributed by atoms with van der Waals surface area (Å²) < 4.78 is 10.1. The number of piperazine rings is 1. The molecule has 1 aromatic heterocycles. The molecule has 7 nitrogen and oxygen atoms in total. The standard InChI is InChI=1S/C16H22ClN3O4/c1-16(2,3)24-15(22)20-8-6-19(7-9-20)12-4-5-18-13(10-12)14(21)23-11-17/h4-5,10H,6-9,11H2,1-3H3. The summed E-state index contributed by atoms with van der Waals surface area (Å²) in [6.07, 6.45) is 1.25. The van der Waals surface area contributed by atoms with Crippen molar-refractivity contribution in [1.82, 2.24) is 9.88 Å². The van der Waals surface area contributed by atoms with E-state index in [1.165, 1.54) is 0 Å². The van der Waals surface area contributed by atoms with Gasteiger partial charge in [0, 0.05) is 38.1 Å². The largest absolute Gasteiger partial charge is 0.445 e. The lowest BCUT2D eigenvalue weighted by Crippen LogP contribution is -2.50. The second-order valence-electron chi connectivity index (χ2n) is 6.39. The first-order valence-electron chi connectivity index (χ1n) is 7.72. The van der Waals surface area contributed by atoms with Gasteiger partial charge in [-0.1, -0.05) is 11.6 Å². The summed E-state index contributed by atoms with van der Waals surface area (Å²) >= 11 is 5.40. The number of carbonyl (C=O) groups excluding carboxylic acids is 2. The van der Waals surface area contributed by atoms with E-state index in [2.05, 4.69) is 9.88 Å². The molecule has 1 fully saturated rings. The third-order valence-electron chi connectivity index (χ3n) is 3.43. The van der Waals surface area contributed by atoms with Gasteiger partial charge in [0.2, 0.25) is 0 Å². The van der Waals surface area contributed by atoms with Crippen LogP contribution in [0.2, 0.25) is 0 Å². The summed E-state index contributed by atoms with van der Waals surface area (Å²) in [6.45, 7) is 7.94. The zero-order valence-electron chi connectivity index (χ0n) is 14.1. The Morgan fingerprint density at radius 3 is 2.50 bits per heavy atom. The van der Waals surface area contributed by atoms with Gasteiger partial charge in [0.05, 0.1) is 0 Å². The van der Waals surface area contributed by atoms with E-state index in [4.69, 9.17) is 21.1 Å². The van der Waals surface area contributed by atoms with Crippen LogP contribution in [-0.2, 0) is 9.47 Å². The number of nitrogens with zero attached hydrogens (tertiary/aromatic N) is 3. The molecule has 1 saturated heterocycles. The van der Waals surface area contributed by atoms with Crippen LogP contribution in [0.5, 0.6) is 0 Å². The molecule has 0 bridgehead atoms. The van der Waals surface area contributed by atoms with Crippen molar-refractivity contribution in [2.45, 2.75) is 26.4 Å². The molecule has 132 valence electrons. The van der Waals surface area contributed by atoms with Crippen molar-refractivity contribution < 1.29 is 19.1 Å². The molecular formula is C16H22ClN3O4. The highest BCUT2D eigenvalue weighted by atomic mass is 35.5. The monoisotopic (exact) mass is 355 g/mol. The Morgan fingerprint density at radius 1 is 1.25 bits per heavy atom. The number of pyridine rings is 1. The highest BCUT2D eigenvalue weighted by Crippen LogP contribution is 2.18. The van der Waals surface area contributed by atoms with E-state index in [1.807, 2.05) is 26.8 Å². The number of ether oxygens (including phenoxy) is 2. The minimum absolute atomic E-state index is 0.209. The molecule has 0 aromatic carbocycles. The van der Waals surface area contributed by atoms with Crippen molar-refractivity contribution in [3.05, 3.63) is 24.0 Å². The zero-order valence-corrected chi connectivity index (χ0v) is 14.9. The van der Waals surface area contributed by atoms with Crippen LogP contribution in [0.15, 0.2) is 18.3 Å². The van der Waals surface area contributed by atoms with Gasteiger partial charge in [-0.2, -0.15) is 0 Å². The third-order valence-corrected chi connectivity index (χ3v) is 3.54. The number of rotatable bonds is 3. The van der Waals surface area contributed by atoms with Gasteiger partial charge in [0.25, 0.3) is 0 Å². The van der Waals surface area contributed by atoms with E-state index < -0.39 is 11.6 Å². The summed E-state index contributed by atoms with van der Waals surface area (Å²) in [5.74, 6) is -0.556. The van der Waals surface area contributed by atoms with E-state index >= 15 is 0 Å². The number of aromatic nitrogens is 1. The Hall–Kier alpha value is -2.02. The molecule has 8 heteroatoms. The lowest BCUT2D eigenvalue weighted by atomic mass is 10.2. The molecule has 0 atom stereocenters. The van der Waals surface area contributed by atoms with E-state index in [1.54, 1.807) is 17.2 Å². The Balaban J connectivity index is 1.96. The average Bonchev–Trinajstić information content (AvgIpc) is 2.54. The summed E-state index contributed by atoms with van der Waals surface area (Å²) in [5, 5.41) is 0. The molecule has 24 heavy (non-hydrogen) atoms. The second kappa shape index (κ2) is 7.70. The second-order valence-corrected chi connectivity index (χ2v) is 6.61. The first kappa shape index (κ1) is 18.3. The lowest BCUT2D eigenvalue weighted by Gasteiger charge is -2.36. The quantitative estimate of drug-likeness (QED) is 0.612. The Morgan fingerprint density at radius 2 is 1.92 bits per heavy atom. The van der Waals surface area contributed by atoms with E-state index in [0.717, 1.165) is 5.69 Å². The van der Waals surface area contributed by atoms with Gasteiger partial charge in [0.15, 0.2) is 6.07 Å². The zero-order chi connectivity index (χ0) is 17.7. The van der Waals surface area contributed by atoms with Crippen LogP contribution >= 0.6 is 11.6 Å². The number of hydrogen-bond donors (Lipinski definition) is 0. The molecule has 0 spiro atoms. The molecular weight excluding hydrogens is 334 g/mol. The maximum atomic E-state index is 12.1. The SMILES string of the molecule is CC(C)(C)OC(=O)N1CCN(c2ccnc(C(=O)OCCl)c2)CC1. The fourth-order valence-electron chi connectivity index (χ4n) is 2.32. The number of alkyl halides is 1. The first-order valence-corrected chi connectivity index (χ1v) is 8.25. The smallest absolute Gasteiger partial charge is 0.410 e. The molecule has 1 aromatic rings. The maximum Gasteiger partial charge on any atom is 0.410 e. The minimum Gasteiger partial charge on any atom is -0.445 e. The van der Waals surface area contributed by atoms with Crippen LogP contribution in [0.25, 0.3) is 0 Å². The predicted molar refractivity (Wildman–Crippen MR) is 90.4 cm³/mol. The van der Waals surface area contributed by atoms with Crippen molar-refractivity contribution in [2.24, 2.45) is 0 Å². The molecule has 0 unspecified atom stereocenters. The van der Waals surface area contributed by atoms with E-state index in [-0.39, 0.29) is 17.9 Å². The summed E-state index contributed by atoms with van der Waals surface area (Å²) in [5.41, 5.74) is 0.565. The van der Waals surface area contributed by atoms with Crippen molar-refractivity contribution in [3.63, 3.8) is 0 Å². The van der Waals surface area contributed by atoms with Gasteiger partial charge in [-0.25, -0.2) is 14.6 Å². The van der Waals surface area contributed by atoms with Gasteiger partial charge < -0.3 is 19.3 Å². The summed E-state index contributed by atoms with van der Waals surface area (Å²) in [4.78, 5) is 31.5. The van der Waals surface area contributed by atoms with Gasteiger partial charge in [-0.15, -0.1) is 0 Å². The summed E-state index contributed by atoms with van der Waals surface area (Å²) in [7, 11) is 0. The molecule has 2 heterocycles. The van der Waals surface area contributed by atoms with Crippen LogP contribution in [0, 0.1) is 0 Å². The average molecular weight is 356 g/mol. The number of esters is 1. The van der Waals surface area contributed by atoms with Crippen LogP contribution in [0.3, 0.4) is 0 Å². The highest BCUT2D eigenvalue weighted by Gasteiger charge is 2.26. The normalized spacial score (nSPS) is 15.2. The fraction of sp³-hybridized carbons (Fsp3) is 0.562. The molecule has 1 amide bonds. The Bertz CT molecular complexity index is 595. The minimum atomic E-state index is -0.556. The van der Waals surface area contributed by atoms with Crippen LogP contribution < -0.4 is 4.90 Å². The molecule has 0 saturated carbocycles. The number of halogens is 1. The van der Waals surface area contributed by atoms with Crippen molar-refractivity contribution in [3.8, 4) is 0 Å². The highest BCUT2D eigenvalue weighted by molar-refractivity contribution is 6.17. The Kier molecular flexibility index (Phi) is 5.88. The van der Waals surface area contributed by atoms with Crippen LogP contribution in [0.4, 0.5) is 10.5 Å². The van der Waals surface area contributed by atoms with Crippen LogP contribution in [-0.4, -0.2) is 59.8 Å². The Labute approximate surface area is 146 Å². The molecule has 0 aliphatic carbocycles. The van der Waals surface area contributed by atoms with Gasteiger partial charge in [-0.3, -0.25) is 0 Å². The molecule has 1 aliphatic rings. The lowest BCUT2D eigenvalue weighted by molar-refractivity contribution is 0.0240. The van der Waals surface area contributed by atoms with Crippen molar-refractivity contribution >= 4 is 29.4 Å². The van der Waals surface area contributed by atoms with Gasteiger partial charge >= 0.3 is 12.1 Å². The van der Waals surface area contributed by atoms with Crippen molar-refractivity contribution in [2.75, 3.05) is 37.1 Å². The van der Waals surface area contributed by atoms with Gasteiger partial charge in [0.1, 0.15) is 11.3 Å². The fourth-order valence-corrected chi connectivity index (χ4v) is 2.42. The maximum absolute atomic E-state index is 12.1. The first-order chi connectivity index (χ1) is 11.3. The molecule has 0 N–H and O–H groups in total. The molecule has 2 rings (SSSR count). The van der Waals surface area contributed by atoms with Gasteiger partial charge in [-0.05, 0) is 32.9 Å². The predicted octanol–water partition coefficient (Wildman–Crippen LogP) is 2.49. The topological polar surface area (TPSA) is 72.0 Å². The number of hydrogen-bond acceptors (Lipinski definition) is 6. The number of anilines is 1. The van der Waals surface area contributed by atoms with Crippen molar-refractivity contribution in [1.29, 1.82) is 0 Å². The molecule has 0 radical (unpaired) electrons. The molecule has 1 aliphatic heterocycles. The van der Waals surface area contributed by atoms with E-state index in [0.29, 0.717) is 26.2 Å². The number of amides is 1. The number of carbonyl (C=O) groups is 2. The van der Waals surface area contributed by atoms with E-state index in [9.17, 15) is 9.59 Å². The third kappa shape index (κ3) is 4.99. The van der Waals surface area contributed by atoms with Crippen LogP contribution in [0.1, 0.15) is 31.3 Å².